The Balaban J connectivity index is 2.19. The van der Waals surface area contributed by atoms with Crippen LogP contribution in [-0.4, -0.2) is 28.7 Å². The highest BCUT2D eigenvalue weighted by atomic mass is 16.5. The molecule has 2 rings (SSSR count). The predicted molar refractivity (Wildman–Crippen MR) is 90.7 cm³/mol. The summed E-state index contributed by atoms with van der Waals surface area (Å²) in [4.78, 5) is 24.3. The maximum absolute atomic E-state index is 12.2. The quantitative estimate of drug-likeness (QED) is 0.493. The SMILES string of the molecule is CCC=CCOc1ccc([C@H]2C(=O)N(O)C(=O)C2C=C(C)C)cc1. The Morgan fingerprint density at radius 1 is 1.17 bits per heavy atom. The van der Waals surface area contributed by atoms with E-state index in [1.165, 1.54) is 0 Å². The molecule has 128 valence electrons. The van der Waals surface area contributed by atoms with Crippen molar-refractivity contribution >= 4 is 11.8 Å². The van der Waals surface area contributed by atoms with Crippen molar-refractivity contribution < 1.29 is 19.5 Å². The summed E-state index contributed by atoms with van der Waals surface area (Å²) in [7, 11) is 0. The second-order valence-corrected chi connectivity index (χ2v) is 6.00. The molecule has 1 aliphatic heterocycles. The van der Waals surface area contributed by atoms with E-state index in [9.17, 15) is 14.8 Å². The number of ether oxygens (including phenoxy) is 1. The van der Waals surface area contributed by atoms with Crippen LogP contribution in [0.2, 0.25) is 0 Å². The topological polar surface area (TPSA) is 66.8 Å². The number of hydrogen-bond donors (Lipinski definition) is 1. The molecule has 1 N–H and O–H groups in total. The van der Waals surface area contributed by atoms with Gasteiger partial charge >= 0.3 is 0 Å². The van der Waals surface area contributed by atoms with Crippen molar-refractivity contribution in [1.29, 1.82) is 0 Å². The van der Waals surface area contributed by atoms with Gasteiger partial charge in [0, 0.05) is 0 Å². The summed E-state index contributed by atoms with van der Waals surface area (Å²) in [6, 6.07) is 7.07. The maximum atomic E-state index is 12.2. The van der Waals surface area contributed by atoms with E-state index >= 15 is 0 Å². The minimum absolute atomic E-state index is 0.231. The number of amides is 2. The highest BCUT2D eigenvalue weighted by Crippen LogP contribution is 2.36. The van der Waals surface area contributed by atoms with Crippen LogP contribution in [0, 0.1) is 5.92 Å². The average Bonchev–Trinajstić information content (AvgIpc) is 2.76. The lowest BCUT2D eigenvalue weighted by atomic mass is 9.87. The maximum Gasteiger partial charge on any atom is 0.261 e. The summed E-state index contributed by atoms with van der Waals surface area (Å²) in [5.41, 5.74) is 1.60. The lowest BCUT2D eigenvalue weighted by Gasteiger charge is -2.13. The average molecular weight is 329 g/mol. The first-order valence-corrected chi connectivity index (χ1v) is 8.05. The fourth-order valence-corrected chi connectivity index (χ4v) is 2.70. The molecular formula is C19H23NO4. The highest BCUT2D eigenvalue weighted by molar-refractivity contribution is 6.07. The fourth-order valence-electron chi connectivity index (χ4n) is 2.70. The van der Waals surface area contributed by atoms with Gasteiger partial charge in [0.05, 0.1) is 11.8 Å². The van der Waals surface area contributed by atoms with Gasteiger partial charge in [0.25, 0.3) is 11.8 Å². The second kappa shape index (κ2) is 7.93. The van der Waals surface area contributed by atoms with E-state index in [-0.39, 0.29) is 5.06 Å². The second-order valence-electron chi connectivity index (χ2n) is 6.00. The molecule has 0 saturated carbocycles. The summed E-state index contributed by atoms with van der Waals surface area (Å²) < 4.78 is 5.58. The normalized spacial score (nSPS) is 20.8. The molecule has 24 heavy (non-hydrogen) atoms. The van der Waals surface area contributed by atoms with Crippen LogP contribution in [0.5, 0.6) is 5.75 Å². The molecule has 1 fully saturated rings. The molecule has 2 amide bonds. The molecule has 5 heteroatoms. The van der Waals surface area contributed by atoms with Crippen molar-refractivity contribution in [3.05, 3.63) is 53.6 Å². The van der Waals surface area contributed by atoms with Gasteiger partial charge in [0.2, 0.25) is 0 Å². The van der Waals surface area contributed by atoms with E-state index in [0.717, 1.165) is 12.0 Å². The summed E-state index contributed by atoms with van der Waals surface area (Å²) in [6.07, 6.45) is 6.66. The van der Waals surface area contributed by atoms with Crippen molar-refractivity contribution in [3.63, 3.8) is 0 Å². The van der Waals surface area contributed by atoms with Gasteiger partial charge in [-0.05, 0) is 38.0 Å². The Hall–Kier alpha value is -2.40. The Bertz CT molecular complexity index is 656. The van der Waals surface area contributed by atoms with E-state index in [4.69, 9.17) is 4.74 Å². The first-order valence-electron chi connectivity index (χ1n) is 8.05. The van der Waals surface area contributed by atoms with Crippen LogP contribution >= 0.6 is 0 Å². The number of allylic oxidation sites excluding steroid dienone is 2. The first-order chi connectivity index (χ1) is 11.5. The number of carbonyl (C=O) groups is 2. The van der Waals surface area contributed by atoms with Gasteiger partial charge in [-0.25, -0.2) is 0 Å². The van der Waals surface area contributed by atoms with Gasteiger partial charge in [0.15, 0.2) is 0 Å². The molecule has 0 radical (unpaired) electrons. The van der Waals surface area contributed by atoms with Crippen molar-refractivity contribution in [2.75, 3.05) is 6.61 Å². The Morgan fingerprint density at radius 3 is 2.42 bits per heavy atom. The van der Waals surface area contributed by atoms with Crippen LogP contribution in [0.15, 0.2) is 48.1 Å². The van der Waals surface area contributed by atoms with Gasteiger partial charge < -0.3 is 4.74 Å². The molecule has 1 aromatic carbocycles. The summed E-state index contributed by atoms with van der Waals surface area (Å²) in [6.45, 7) is 6.25. The van der Waals surface area contributed by atoms with Crippen molar-refractivity contribution in [2.24, 2.45) is 5.92 Å². The van der Waals surface area contributed by atoms with E-state index in [2.05, 4.69) is 6.92 Å². The van der Waals surface area contributed by atoms with Crippen molar-refractivity contribution in [3.8, 4) is 5.75 Å². The molecule has 0 spiro atoms. The van der Waals surface area contributed by atoms with Crippen molar-refractivity contribution in [2.45, 2.75) is 33.1 Å². The van der Waals surface area contributed by atoms with E-state index in [1.54, 1.807) is 30.3 Å². The Morgan fingerprint density at radius 2 is 1.83 bits per heavy atom. The lowest BCUT2D eigenvalue weighted by molar-refractivity contribution is -0.172. The van der Waals surface area contributed by atoms with Crippen LogP contribution in [0.4, 0.5) is 0 Å². The molecule has 1 unspecified atom stereocenters. The monoisotopic (exact) mass is 329 g/mol. The number of hydroxylamine groups is 2. The number of hydrogen-bond acceptors (Lipinski definition) is 4. The van der Waals surface area contributed by atoms with Crippen LogP contribution in [-0.2, 0) is 9.59 Å². The van der Waals surface area contributed by atoms with Crippen LogP contribution < -0.4 is 4.74 Å². The zero-order chi connectivity index (χ0) is 17.7. The third-order valence-corrected chi connectivity index (χ3v) is 3.83. The predicted octanol–water partition coefficient (Wildman–Crippen LogP) is 3.46. The number of nitrogens with zero attached hydrogens (tertiary/aromatic N) is 1. The molecule has 2 atom stereocenters. The number of benzene rings is 1. The molecule has 5 nitrogen and oxygen atoms in total. The summed E-state index contributed by atoms with van der Waals surface area (Å²) >= 11 is 0. The minimum atomic E-state index is -0.702. The van der Waals surface area contributed by atoms with Crippen LogP contribution in [0.1, 0.15) is 38.7 Å². The Kier molecular flexibility index (Phi) is 5.93. The third kappa shape index (κ3) is 3.92. The van der Waals surface area contributed by atoms with Crippen molar-refractivity contribution in [1.82, 2.24) is 5.06 Å². The zero-order valence-electron chi connectivity index (χ0n) is 14.2. The molecule has 1 heterocycles. The minimum Gasteiger partial charge on any atom is -0.490 e. The van der Waals surface area contributed by atoms with Gasteiger partial charge in [-0.2, -0.15) is 5.06 Å². The number of imide groups is 1. The van der Waals surface area contributed by atoms with Crippen LogP contribution in [0.3, 0.4) is 0 Å². The molecule has 1 saturated heterocycles. The molecule has 1 aliphatic rings. The molecule has 1 aromatic rings. The molecular weight excluding hydrogens is 306 g/mol. The fraction of sp³-hybridized carbons (Fsp3) is 0.368. The van der Waals surface area contributed by atoms with Gasteiger partial charge in [-0.1, -0.05) is 42.9 Å². The zero-order valence-corrected chi connectivity index (χ0v) is 14.2. The molecule has 0 bridgehead atoms. The highest BCUT2D eigenvalue weighted by Gasteiger charge is 2.47. The van der Waals surface area contributed by atoms with E-state index < -0.39 is 23.7 Å². The smallest absolute Gasteiger partial charge is 0.261 e. The van der Waals surface area contributed by atoms with E-state index in [1.807, 2.05) is 26.0 Å². The largest absolute Gasteiger partial charge is 0.490 e. The summed E-state index contributed by atoms with van der Waals surface area (Å²) in [5, 5.41) is 9.91. The Labute approximate surface area is 142 Å². The molecule has 0 aromatic heterocycles. The van der Waals surface area contributed by atoms with Gasteiger partial charge in [-0.15, -0.1) is 0 Å². The number of rotatable bonds is 6. The lowest BCUT2D eigenvalue weighted by Crippen LogP contribution is -2.26. The standard InChI is InChI=1S/C19H23NO4/c1-4-5-6-11-24-15-9-7-14(8-10-15)17-16(12-13(2)3)18(21)20(23)19(17)22/h5-10,12,16-17,23H,4,11H2,1-3H3/t16?,17-/m1/s1. The van der Waals surface area contributed by atoms with Crippen LogP contribution in [0.25, 0.3) is 0 Å². The van der Waals surface area contributed by atoms with E-state index in [0.29, 0.717) is 17.9 Å². The third-order valence-electron chi connectivity index (χ3n) is 3.83. The van der Waals surface area contributed by atoms with Gasteiger partial charge in [-0.3, -0.25) is 14.8 Å². The molecule has 0 aliphatic carbocycles. The number of carbonyl (C=O) groups excluding carboxylic acids is 2. The first kappa shape index (κ1) is 17.9. The van der Waals surface area contributed by atoms with Gasteiger partial charge in [0.1, 0.15) is 12.4 Å². The summed E-state index contributed by atoms with van der Waals surface area (Å²) in [5.74, 6) is -1.87.